The van der Waals surface area contributed by atoms with Crippen molar-refractivity contribution in [1.82, 2.24) is 5.32 Å². The Morgan fingerprint density at radius 1 is 1.26 bits per heavy atom. The molecule has 0 aromatic heterocycles. The summed E-state index contributed by atoms with van der Waals surface area (Å²) in [5.74, 6) is 4.64. The fourth-order valence-electron chi connectivity index (χ4n) is 3.10. The average Bonchev–Trinajstić information content (AvgIpc) is 3.11. The van der Waals surface area contributed by atoms with Crippen LogP contribution < -0.4 is 19.7 Å². The smallest absolute Gasteiger partial charge is 0.198 e. The Morgan fingerprint density at radius 2 is 2.07 bits per heavy atom. The number of guanidine groups is 1. The topological polar surface area (TPSA) is 46.1 Å². The number of benzene rings is 2. The minimum Gasteiger partial charge on any atom is -0.493 e. The zero-order valence-corrected chi connectivity index (χ0v) is 17.9. The van der Waals surface area contributed by atoms with Gasteiger partial charge in [0.25, 0.3) is 0 Å². The second-order valence-corrected chi connectivity index (χ2v) is 5.91. The molecule has 0 aliphatic carbocycles. The molecule has 0 radical (unpaired) electrons. The summed E-state index contributed by atoms with van der Waals surface area (Å²) in [5, 5.41) is 3.43. The van der Waals surface area contributed by atoms with Crippen LogP contribution in [0.1, 0.15) is 11.1 Å². The maximum absolute atomic E-state index is 5.57. The van der Waals surface area contributed by atoms with Crippen molar-refractivity contribution in [3.63, 3.8) is 0 Å². The first kappa shape index (κ1) is 20.9. The van der Waals surface area contributed by atoms with Crippen LogP contribution >= 0.6 is 24.0 Å². The fourth-order valence-corrected chi connectivity index (χ4v) is 3.10. The molecule has 1 aliphatic rings. The van der Waals surface area contributed by atoms with Crippen LogP contribution in [0.3, 0.4) is 0 Å². The molecule has 0 bridgehead atoms. The van der Waals surface area contributed by atoms with E-state index in [2.05, 4.69) is 45.4 Å². The number of aliphatic imine (C=N–C) groups is 1. The van der Waals surface area contributed by atoms with Gasteiger partial charge in [-0.1, -0.05) is 30.2 Å². The summed E-state index contributed by atoms with van der Waals surface area (Å²) in [5.41, 5.74) is 3.63. The number of methoxy groups -OCH3 is 1. The number of halogens is 1. The Hall–Kier alpha value is -2.40. The van der Waals surface area contributed by atoms with E-state index in [-0.39, 0.29) is 30.6 Å². The molecule has 0 amide bonds. The number of ether oxygens (including phenoxy) is 2. The minimum atomic E-state index is 0. The van der Waals surface area contributed by atoms with Gasteiger partial charge < -0.3 is 19.7 Å². The van der Waals surface area contributed by atoms with Crippen molar-refractivity contribution in [1.29, 1.82) is 0 Å². The van der Waals surface area contributed by atoms with Gasteiger partial charge in [-0.05, 0) is 35.7 Å². The van der Waals surface area contributed by atoms with Crippen LogP contribution in [-0.2, 0) is 13.0 Å². The number of nitrogens with zero attached hydrogens (tertiary/aromatic N) is 2. The molecule has 3 rings (SSSR count). The summed E-state index contributed by atoms with van der Waals surface area (Å²) in [6.45, 7) is 1.76. The van der Waals surface area contributed by atoms with E-state index in [1.54, 1.807) is 14.2 Å². The van der Waals surface area contributed by atoms with E-state index >= 15 is 0 Å². The molecule has 1 heterocycles. The van der Waals surface area contributed by atoms with Crippen molar-refractivity contribution in [2.75, 3.05) is 32.2 Å². The number of hydrogen-bond acceptors (Lipinski definition) is 3. The summed E-state index contributed by atoms with van der Waals surface area (Å²) >= 11 is 0. The van der Waals surface area contributed by atoms with E-state index in [1.165, 1.54) is 11.3 Å². The highest BCUT2D eigenvalue weighted by Gasteiger charge is 2.22. The third kappa shape index (κ3) is 4.86. The molecule has 0 saturated carbocycles. The normalized spacial score (nSPS) is 12.6. The van der Waals surface area contributed by atoms with Gasteiger partial charge in [-0.15, -0.1) is 30.4 Å². The second-order valence-electron chi connectivity index (χ2n) is 5.91. The zero-order chi connectivity index (χ0) is 18.4. The molecule has 0 spiro atoms. The largest absolute Gasteiger partial charge is 0.493 e. The lowest BCUT2D eigenvalue weighted by Gasteiger charge is -2.22. The van der Waals surface area contributed by atoms with Gasteiger partial charge in [0.2, 0.25) is 0 Å². The monoisotopic (exact) mass is 477 g/mol. The van der Waals surface area contributed by atoms with E-state index in [0.717, 1.165) is 24.5 Å². The van der Waals surface area contributed by atoms with Crippen LogP contribution in [0.25, 0.3) is 0 Å². The highest BCUT2D eigenvalue weighted by molar-refractivity contribution is 14.0. The number of para-hydroxylation sites is 1. The van der Waals surface area contributed by atoms with Gasteiger partial charge in [0.15, 0.2) is 17.5 Å². The van der Waals surface area contributed by atoms with Crippen molar-refractivity contribution >= 4 is 35.6 Å². The molecular weight excluding hydrogens is 453 g/mol. The van der Waals surface area contributed by atoms with Crippen molar-refractivity contribution in [3.05, 3.63) is 53.6 Å². The highest BCUT2D eigenvalue weighted by Crippen LogP contribution is 2.29. The quantitative estimate of drug-likeness (QED) is 0.310. The first-order chi connectivity index (χ1) is 12.8. The molecule has 6 heteroatoms. The zero-order valence-electron chi connectivity index (χ0n) is 15.6. The van der Waals surface area contributed by atoms with Crippen LogP contribution in [-0.4, -0.2) is 33.3 Å². The average molecular weight is 477 g/mol. The molecule has 5 nitrogen and oxygen atoms in total. The standard InChI is InChI=1S/C21H23N3O2.HI/c1-4-13-26-20-14-16(9-10-19(20)25-3)15-23-21(22-2)24-12-11-17-7-5-6-8-18(17)24;/h1,5-10,14H,11-13,15H2,2-3H3,(H,22,23);1H. The van der Waals surface area contributed by atoms with Crippen molar-refractivity contribution in [2.45, 2.75) is 13.0 Å². The second kappa shape index (κ2) is 10.1. The van der Waals surface area contributed by atoms with E-state index in [9.17, 15) is 0 Å². The minimum absolute atomic E-state index is 0. The predicted molar refractivity (Wildman–Crippen MR) is 120 cm³/mol. The summed E-state index contributed by atoms with van der Waals surface area (Å²) in [6, 6.07) is 14.3. The Balaban J connectivity index is 0.00000261. The highest BCUT2D eigenvalue weighted by atomic mass is 127. The van der Waals surface area contributed by atoms with Gasteiger partial charge in [-0.3, -0.25) is 4.99 Å². The van der Waals surface area contributed by atoms with Crippen LogP contribution in [0.4, 0.5) is 5.69 Å². The number of fused-ring (bicyclic) bond motifs is 1. The third-order valence-electron chi connectivity index (χ3n) is 4.34. The molecule has 2 aromatic rings. The fraction of sp³-hybridized carbons (Fsp3) is 0.286. The molecule has 142 valence electrons. The number of hydrogen-bond donors (Lipinski definition) is 1. The van der Waals surface area contributed by atoms with Crippen LogP contribution in [0, 0.1) is 12.3 Å². The Bertz CT molecular complexity index is 846. The Labute approximate surface area is 177 Å². The van der Waals surface area contributed by atoms with Crippen LogP contribution in [0.2, 0.25) is 0 Å². The first-order valence-corrected chi connectivity index (χ1v) is 8.56. The van der Waals surface area contributed by atoms with Crippen molar-refractivity contribution < 1.29 is 9.47 Å². The summed E-state index contributed by atoms with van der Waals surface area (Å²) in [4.78, 5) is 6.66. The summed E-state index contributed by atoms with van der Waals surface area (Å²) in [6.07, 6.45) is 6.31. The van der Waals surface area contributed by atoms with Gasteiger partial charge in [-0.25, -0.2) is 0 Å². The lowest BCUT2D eigenvalue weighted by Crippen LogP contribution is -2.40. The van der Waals surface area contributed by atoms with Gasteiger partial charge in [0.1, 0.15) is 6.61 Å². The van der Waals surface area contributed by atoms with Gasteiger partial charge in [0, 0.05) is 25.8 Å². The maximum atomic E-state index is 5.57. The summed E-state index contributed by atoms with van der Waals surface area (Å²) in [7, 11) is 3.42. The van der Waals surface area contributed by atoms with E-state index in [0.29, 0.717) is 18.0 Å². The number of nitrogens with one attached hydrogen (secondary N) is 1. The third-order valence-corrected chi connectivity index (χ3v) is 4.34. The van der Waals surface area contributed by atoms with Gasteiger partial charge >= 0.3 is 0 Å². The molecule has 0 fully saturated rings. The van der Waals surface area contributed by atoms with Crippen LogP contribution in [0.15, 0.2) is 47.5 Å². The molecule has 0 unspecified atom stereocenters. The molecule has 27 heavy (non-hydrogen) atoms. The predicted octanol–water partition coefficient (Wildman–Crippen LogP) is 3.46. The first-order valence-electron chi connectivity index (χ1n) is 8.56. The molecule has 2 aromatic carbocycles. The lowest BCUT2D eigenvalue weighted by molar-refractivity contribution is 0.330. The lowest BCUT2D eigenvalue weighted by atomic mass is 10.2. The van der Waals surface area contributed by atoms with Gasteiger partial charge in [-0.2, -0.15) is 0 Å². The van der Waals surface area contributed by atoms with E-state index in [1.807, 2.05) is 18.2 Å². The molecule has 0 atom stereocenters. The van der Waals surface area contributed by atoms with E-state index in [4.69, 9.17) is 15.9 Å². The van der Waals surface area contributed by atoms with Crippen LogP contribution in [0.5, 0.6) is 11.5 Å². The number of rotatable bonds is 5. The number of anilines is 1. The Morgan fingerprint density at radius 3 is 2.81 bits per heavy atom. The molecule has 0 saturated heterocycles. The molecular formula is C21H24IN3O2. The SMILES string of the molecule is C#CCOc1cc(CNC(=NC)N2CCc3ccccc32)ccc1OC.I. The maximum Gasteiger partial charge on any atom is 0.198 e. The number of terminal acetylenes is 1. The van der Waals surface area contributed by atoms with Crippen molar-refractivity contribution in [2.24, 2.45) is 4.99 Å². The Kier molecular flexibility index (Phi) is 7.80. The molecule has 1 N–H and O–H groups in total. The van der Waals surface area contributed by atoms with Gasteiger partial charge in [0.05, 0.1) is 7.11 Å². The van der Waals surface area contributed by atoms with Crippen molar-refractivity contribution in [3.8, 4) is 23.8 Å². The van der Waals surface area contributed by atoms with E-state index < -0.39 is 0 Å². The molecule has 1 aliphatic heterocycles. The summed E-state index contributed by atoms with van der Waals surface area (Å²) < 4.78 is 10.9.